The molecule has 1 aliphatic rings. The standard InChI is InChI=1S/C31H34N8O4/c1-2-16-34-30(41)31(19-23-8-3-4-9-24(23)20-35-38-32)28(27-11-6-5-10-25(27)21-36-39-33)43-29(37-31)22-12-14-26(15-13-22)42-18-7-17-40/h3-6,8-15,28,40H,2,7,16-21H2,1H3,(H,34,41)/t28-,31-/m1/s1. The summed E-state index contributed by atoms with van der Waals surface area (Å²) in [5, 5.41) is 19.6. The van der Waals surface area contributed by atoms with E-state index in [1.807, 2.05) is 67.6 Å². The average molecular weight is 583 g/mol. The molecule has 0 spiro atoms. The van der Waals surface area contributed by atoms with Crippen LogP contribution in [0.3, 0.4) is 0 Å². The first-order valence-corrected chi connectivity index (χ1v) is 14.1. The summed E-state index contributed by atoms with van der Waals surface area (Å²) in [5.41, 5.74) is 20.2. The van der Waals surface area contributed by atoms with E-state index in [4.69, 9.17) is 30.6 Å². The number of carbonyl (C=O) groups excluding carboxylic acids is 1. The van der Waals surface area contributed by atoms with Crippen molar-refractivity contribution in [3.8, 4) is 5.75 Å². The molecule has 0 aromatic heterocycles. The Morgan fingerprint density at radius 2 is 1.65 bits per heavy atom. The van der Waals surface area contributed by atoms with Gasteiger partial charge < -0.3 is 19.9 Å². The maximum absolute atomic E-state index is 14.2. The van der Waals surface area contributed by atoms with Crippen molar-refractivity contribution >= 4 is 11.8 Å². The van der Waals surface area contributed by atoms with Crippen LogP contribution in [-0.2, 0) is 29.0 Å². The van der Waals surface area contributed by atoms with E-state index in [-0.39, 0.29) is 37.9 Å². The number of hydrogen-bond donors (Lipinski definition) is 2. The summed E-state index contributed by atoms with van der Waals surface area (Å²) in [5.74, 6) is 0.603. The van der Waals surface area contributed by atoms with E-state index < -0.39 is 11.6 Å². The number of ether oxygens (including phenoxy) is 2. The summed E-state index contributed by atoms with van der Waals surface area (Å²) < 4.78 is 12.3. The van der Waals surface area contributed by atoms with Gasteiger partial charge in [0.15, 0.2) is 11.6 Å². The van der Waals surface area contributed by atoms with Crippen molar-refractivity contribution in [1.82, 2.24) is 5.32 Å². The highest BCUT2D eigenvalue weighted by molar-refractivity contribution is 6.01. The monoisotopic (exact) mass is 582 g/mol. The Bertz CT molecular complexity index is 1530. The van der Waals surface area contributed by atoms with Gasteiger partial charge in [-0.1, -0.05) is 65.7 Å². The lowest BCUT2D eigenvalue weighted by atomic mass is 9.79. The fourth-order valence-corrected chi connectivity index (χ4v) is 4.97. The molecule has 0 fully saturated rings. The van der Waals surface area contributed by atoms with Gasteiger partial charge in [-0.2, -0.15) is 0 Å². The molecule has 0 bridgehead atoms. The Hall–Kier alpha value is -5.02. The maximum atomic E-state index is 14.2. The van der Waals surface area contributed by atoms with E-state index in [0.29, 0.717) is 42.0 Å². The van der Waals surface area contributed by atoms with Gasteiger partial charge in [0.05, 0.1) is 19.7 Å². The summed E-state index contributed by atoms with van der Waals surface area (Å²) in [4.78, 5) is 25.1. The van der Waals surface area contributed by atoms with Crippen LogP contribution in [0.1, 0.15) is 53.7 Å². The quantitative estimate of drug-likeness (QED) is 0.0953. The predicted octanol–water partition coefficient (Wildman–Crippen LogP) is 6.09. The van der Waals surface area contributed by atoms with Crippen LogP contribution in [0, 0.1) is 0 Å². The molecule has 1 amide bonds. The summed E-state index contributed by atoms with van der Waals surface area (Å²) in [6.45, 7) is 3.03. The number of hydrogen-bond acceptors (Lipinski definition) is 7. The number of amides is 1. The first kappa shape index (κ1) is 30.9. The van der Waals surface area contributed by atoms with Crippen molar-refractivity contribution in [1.29, 1.82) is 0 Å². The van der Waals surface area contributed by atoms with Crippen LogP contribution in [0.2, 0.25) is 0 Å². The number of nitrogens with one attached hydrogen (secondary N) is 1. The lowest BCUT2D eigenvalue weighted by Crippen LogP contribution is -2.50. The molecule has 1 heterocycles. The molecular weight excluding hydrogens is 548 g/mol. The Balaban J connectivity index is 1.86. The zero-order chi connectivity index (χ0) is 30.5. The normalized spacial score (nSPS) is 17.2. The average Bonchev–Trinajstić information content (AvgIpc) is 3.43. The fraction of sp³-hybridized carbons (Fsp3) is 0.355. The minimum atomic E-state index is -1.44. The summed E-state index contributed by atoms with van der Waals surface area (Å²) in [7, 11) is 0. The summed E-state index contributed by atoms with van der Waals surface area (Å²) in [6.07, 6.45) is 0.539. The minimum Gasteiger partial charge on any atom is -0.494 e. The molecule has 0 saturated heterocycles. The second-order valence-corrected chi connectivity index (χ2v) is 9.97. The Morgan fingerprint density at radius 3 is 2.33 bits per heavy atom. The number of aliphatic imine (C=N–C) groups is 1. The molecule has 0 radical (unpaired) electrons. The molecule has 3 aromatic carbocycles. The van der Waals surface area contributed by atoms with Crippen molar-refractivity contribution in [2.45, 2.75) is 50.9 Å². The number of benzene rings is 3. The number of aliphatic hydroxyl groups is 1. The third-order valence-electron chi connectivity index (χ3n) is 7.09. The van der Waals surface area contributed by atoms with Crippen LogP contribution in [0.15, 0.2) is 88.0 Å². The Morgan fingerprint density at radius 1 is 1.00 bits per heavy atom. The van der Waals surface area contributed by atoms with Crippen molar-refractivity contribution in [2.24, 2.45) is 15.2 Å². The molecule has 3 aromatic rings. The van der Waals surface area contributed by atoms with E-state index in [2.05, 4.69) is 25.4 Å². The van der Waals surface area contributed by atoms with Gasteiger partial charge in [-0.3, -0.25) is 4.79 Å². The zero-order valence-electron chi connectivity index (χ0n) is 24.0. The van der Waals surface area contributed by atoms with Gasteiger partial charge in [0, 0.05) is 41.4 Å². The number of nitrogens with zero attached hydrogens (tertiary/aromatic N) is 7. The number of azide groups is 2. The molecule has 222 valence electrons. The fourth-order valence-electron chi connectivity index (χ4n) is 4.97. The highest BCUT2D eigenvalue weighted by Crippen LogP contribution is 2.44. The highest BCUT2D eigenvalue weighted by Gasteiger charge is 2.53. The van der Waals surface area contributed by atoms with Gasteiger partial charge >= 0.3 is 0 Å². The van der Waals surface area contributed by atoms with Crippen molar-refractivity contribution < 1.29 is 19.4 Å². The van der Waals surface area contributed by atoms with Gasteiger partial charge in [0.1, 0.15) is 5.75 Å². The molecule has 4 rings (SSSR count). The van der Waals surface area contributed by atoms with Crippen LogP contribution in [0.4, 0.5) is 0 Å². The molecule has 0 aliphatic carbocycles. The van der Waals surface area contributed by atoms with Crippen LogP contribution < -0.4 is 10.1 Å². The third kappa shape index (κ3) is 7.44. The molecule has 1 aliphatic heterocycles. The van der Waals surface area contributed by atoms with Gasteiger partial charge in [-0.25, -0.2) is 4.99 Å². The lowest BCUT2D eigenvalue weighted by molar-refractivity contribution is -0.128. The molecule has 43 heavy (non-hydrogen) atoms. The summed E-state index contributed by atoms with van der Waals surface area (Å²) in [6, 6.07) is 22.1. The summed E-state index contributed by atoms with van der Waals surface area (Å²) >= 11 is 0. The van der Waals surface area contributed by atoms with E-state index >= 15 is 0 Å². The predicted molar refractivity (Wildman–Crippen MR) is 162 cm³/mol. The SMILES string of the molecule is CCCNC(=O)[C@]1(Cc2ccccc2CN=[N+]=[N-])N=C(c2ccc(OCCCO)cc2)O[C@@H]1c1ccccc1CN=[N+]=[N-]. The van der Waals surface area contributed by atoms with Crippen LogP contribution >= 0.6 is 0 Å². The Kier molecular flexibility index (Phi) is 11.0. The molecule has 2 N–H and O–H groups in total. The molecule has 0 unspecified atom stereocenters. The molecule has 12 nitrogen and oxygen atoms in total. The van der Waals surface area contributed by atoms with Crippen molar-refractivity contribution in [3.05, 3.63) is 121 Å². The first-order chi connectivity index (χ1) is 21.1. The largest absolute Gasteiger partial charge is 0.494 e. The first-order valence-electron chi connectivity index (χ1n) is 14.1. The highest BCUT2D eigenvalue weighted by atomic mass is 16.5. The smallest absolute Gasteiger partial charge is 0.252 e. The number of aliphatic hydroxyl groups excluding tert-OH is 1. The van der Waals surface area contributed by atoms with E-state index in [0.717, 1.165) is 17.5 Å². The number of carbonyl (C=O) groups is 1. The lowest BCUT2D eigenvalue weighted by Gasteiger charge is -2.32. The topological polar surface area (TPSA) is 178 Å². The van der Waals surface area contributed by atoms with Gasteiger partial charge in [-0.05, 0) is 64.0 Å². The van der Waals surface area contributed by atoms with Gasteiger partial charge in [0.2, 0.25) is 5.90 Å². The van der Waals surface area contributed by atoms with E-state index in [1.165, 1.54) is 0 Å². The van der Waals surface area contributed by atoms with Crippen LogP contribution in [0.25, 0.3) is 20.9 Å². The second kappa shape index (κ2) is 15.3. The van der Waals surface area contributed by atoms with Gasteiger partial charge in [0.25, 0.3) is 5.91 Å². The molecule has 0 saturated carbocycles. The van der Waals surface area contributed by atoms with Crippen molar-refractivity contribution in [2.75, 3.05) is 19.8 Å². The van der Waals surface area contributed by atoms with Crippen LogP contribution in [-0.4, -0.2) is 42.2 Å². The third-order valence-corrected chi connectivity index (χ3v) is 7.09. The zero-order valence-corrected chi connectivity index (χ0v) is 24.0. The van der Waals surface area contributed by atoms with E-state index in [1.54, 1.807) is 12.1 Å². The Labute approximate surface area is 249 Å². The number of rotatable bonds is 15. The molecular formula is C31H34N8O4. The molecule has 12 heteroatoms. The van der Waals surface area contributed by atoms with Crippen LogP contribution in [0.5, 0.6) is 5.75 Å². The minimum absolute atomic E-state index is 0.0411. The van der Waals surface area contributed by atoms with Crippen molar-refractivity contribution in [3.63, 3.8) is 0 Å². The van der Waals surface area contributed by atoms with Gasteiger partial charge in [-0.15, -0.1) is 0 Å². The molecule has 2 atom stereocenters. The second-order valence-electron chi connectivity index (χ2n) is 9.97. The maximum Gasteiger partial charge on any atom is 0.252 e. The van der Waals surface area contributed by atoms with E-state index in [9.17, 15) is 4.79 Å².